The van der Waals surface area contributed by atoms with Gasteiger partial charge in [0.2, 0.25) is 5.95 Å². The van der Waals surface area contributed by atoms with Crippen molar-refractivity contribution in [2.75, 3.05) is 5.32 Å². The Morgan fingerprint density at radius 3 is 2.33 bits per heavy atom. The van der Waals surface area contributed by atoms with Gasteiger partial charge in [-0.05, 0) is 55.3 Å². The maximum Gasteiger partial charge on any atom is 0.573 e. The Kier molecular flexibility index (Phi) is 8.78. The molecular formula is C25H29F3N4O4. The van der Waals surface area contributed by atoms with Crippen LogP contribution in [0.4, 0.5) is 24.8 Å². The predicted octanol–water partition coefficient (Wildman–Crippen LogP) is 5.99. The Labute approximate surface area is 206 Å². The van der Waals surface area contributed by atoms with Crippen LogP contribution < -0.4 is 15.4 Å². The number of benzene rings is 2. The van der Waals surface area contributed by atoms with Crippen LogP contribution in [0.25, 0.3) is 11.0 Å². The molecule has 8 nitrogen and oxygen atoms in total. The zero-order valence-corrected chi connectivity index (χ0v) is 20.0. The maximum absolute atomic E-state index is 12.2. The molecule has 4 N–H and O–H groups in total. The highest BCUT2D eigenvalue weighted by Crippen LogP contribution is 2.26. The first-order valence-electron chi connectivity index (χ1n) is 11.7. The number of anilines is 2. The lowest BCUT2D eigenvalue weighted by molar-refractivity contribution is -0.274. The number of rotatable bonds is 6. The van der Waals surface area contributed by atoms with E-state index in [2.05, 4.69) is 32.3 Å². The predicted molar refractivity (Wildman–Crippen MR) is 129 cm³/mol. The van der Waals surface area contributed by atoms with E-state index < -0.39 is 24.3 Å². The van der Waals surface area contributed by atoms with E-state index in [-0.39, 0.29) is 11.3 Å². The van der Waals surface area contributed by atoms with Crippen molar-refractivity contribution in [3.8, 4) is 5.75 Å². The lowest BCUT2D eigenvalue weighted by Gasteiger charge is -2.15. The van der Waals surface area contributed by atoms with Crippen molar-refractivity contribution >= 4 is 34.5 Å². The van der Waals surface area contributed by atoms with E-state index in [1.165, 1.54) is 63.3 Å². The quantitative estimate of drug-likeness (QED) is 0.326. The number of amides is 1. The van der Waals surface area contributed by atoms with Gasteiger partial charge >= 0.3 is 12.3 Å². The van der Waals surface area contributed by atoms with Gasteiger partial charge in [0.15, 0.2) is 0 Å². The summed E-state index contributed by atoms with van der Waals surface area (Å²) in [5.74, 6) is -0.709. The van der Waals surface area contributed by atoms with Gasteiger partial charge in [-0.3, -0.25) is 9.59 Å². The van der Waals surface area contributed by atoms with Crippen LogP contribution in [-0.4, -0.2) is 39.4 Å². The largest absolute Gasteiger partial charge is 0.573 e. The van der Waals surface area contributed by atoms with Crippen LogP contribution in [0.2, 0.25) is 0 Å². The number of imidazole rings is 1. The van der Waals surface area contributed by atoms with E-state index in [1.807, 2.05) is 0 Å². The van der Waals surface area contributed by atoms with Crippen molar-refractivity contribution in [1.29, 1.82) is 0 Å². The summed E-state index contributed by atoms with van der Waals surface area (Å²) in [5, 5.41) is 14.1. The maximum atomic E-state index is 12.2. The van der Waals surface area contributed by atoms with E-state index >= 15 is 0 Å². The first-order chi connectivity index (χ1) is 17.0. The number of nitrogens with zero attached hydrogens (tertiary/aromatic N) is 1. The van der Waals surface area contributed by atoms with Crippen LogP contribution in [-0.2, 0) is 4.79 Å². The number of carbonyl (C=O) groups excluding carboxylic acids is 1. The monoisotopic (exact) mass is 506 g/mol. The van der Waals surface area contributed by atoms with Crippen molar-refractivity contribution in [1.82, 2.24) is 15.3 Å². The average Bonchev–Trinajstić information content (AvgIpc) is 3.21. The number of aromatic amines is 1. The zero-order valence-electron chi connectivity index (χ0n) is 20.0. The molecule has 1 aliphatic rings. The molecule has 1 atom stereocenters. The van der Waals surface area contributed by atoms with Gasteiger partial charge in [-0.15, -0.1) is 13.2 Å². The second-order valence-corrected chi connectivity index (χ2v) is 8.79. The van der Waals surface area contributed by atoms with E-state index in [9.17, 15) is 22.8 Å². The Balaban J connectivity index is 0.000000444. The summed E-state index contributed by atoms with van der Waals surface area (Å²) in [6.07, 6.45) is 2.67. The number of carboxylic acid groups (broad SMARTS) is 1. The second kappa shape index (κ2) is 11.8. The fraction of sp³-hybridized carbons (Fsp3) is 0.400. The summed E-state index contributed by atoms with van der Waals surface area (Å²) in [6, 6.07) is 8.65. The van der Waals surface area contributed by atoms with Crippen LogP contribution in [0, 0.1) is 5.92 Å². The van der Waals surface area contributed by atoms with Gasteiger partial charge in [0.05, 0.1) is 11.0 Å². The summed E-state index contributed by atoms with van der Waals surface area (Å²) in [4.78, 5) is 30.2. The van der Waals surface area contributed by atoms with Gasteiger partial charge in [-0.1, -0.05) is 39.0 Å². The molecule has 0 aliphatic heterocycles. The van der Waals surface area contributed by atoms with Gasteiger partial charge in [0, 0.05) is 11.3 Å². The molecule has 1 saturated carbocycles. The summed E-state index contributed by atoms with van der Waals surface area (Å²) >= 11 is 0. The summed E-state index contributed by atoms with van der Waals surface area (Å²) in [5.41, 5.74) is 1.76. The number of ether oxygens (including phenoxy) is 1. The van der Waals surface area contributed by atoms with Crippen molar-refractivity contribution < 1.29 is 32.6 Å². The third-order valence-corrected chi connectivity index (χ3v) is 5.71. The van der Waals surface area contributed by atoms with Crippen molar-refractivity contribution in [2.24, 2.45) is 5.92 Å². The number of fused-ring (bicyclic) bond motifs is 1. The third kappa shape index (κ3) is 8.17. The van der Waals surface area contributed by atoms with Crippen molar-refractivity contribution in [3.63, 3.8) is 0 Å². The molecule has 0 saturated heterocycles. The van der Waals surface area contributed by atoms with Crippen molar-refractivity contribution in [2.45, 2.75) is 58.4 Å². The van der Waals surface area contributed by atoms with Crippen LogP contribution in [0.3, 0.4) is 0 Å². The number of nitrogens with one attached hydrogen (secondary N) is 3. The molecule has 1 heterocycles. The van der Waals surface area contributed by atoms with E-state index in [4.69, 9.17) is 5.11 Å². The third-order valence-electron chi connectivity index (χ3n) is 5.71. The average molecular weight is 507 g/mol. The molecule has 0 bridgehead atoms. The number of H-pyrrole nitrogens is 1. The number of halogens is 3. The van der Waals surface area contributed by atoms with Gasteiger partial charge in [-0.2, -0.15) is 0 Å². The Morgan fingerprint density at radius 2 is 1.78 bits per heavy atom. The second-order valence-electron chi connectivity index (χ2n) is 8.79. The number of aromatic nitrogens is 2. The SMILES string of the molecule is CC1CCCCC1.C[C@@H](NC(=O)c1ccc2nc(Nc3ccc(OC(F)(F)F)cc3)[nH]c2c1)C(=O)O. The fourth-order valence-electron chi connectivity index (χ4n) is 3.74. The first kappa shape index (κ1) is 26.8. The molecule has 194 valence electrons. The summed E-state index contributed by atoms with van der Waals surface area (Å²) in [6.45, 7) is 3.71. The number of carboxylic acids is 1. The molecule has 36 heavy (non-hydrogen) atoms. The van der Waals surface area contributed by atoms with E-state index in [0.29, 0.717) is 22.7 Å². The smallest absolute Gasteiger partial charge is 0.480 e. The summed E-state index contributed by atoms with van der Waals surface area (Å²) < 4.78 is 40.4. The van der Waals surface area contributed by atoms with Gasteiger partial charge in [0.25, 0.3) is 5.91 Å². The molecule has 1 aromatic heterocycles. The molecule has 2 aromatic carbocycles. The standard InChI is InChI=1S/C18H15F3N4O4.C7H14/c1-9(16(27)28)22-15(26)10-2-7-13-14(8-10)25-17(24-13)23-11-3-5-12(6-4-11)29-18(19,20)21;1-7-5-3-2-4-6-7/h2-9H,1H3,(H,22,26)(H,27,28)(H2,23,24,25);7H,2-6H2,1H3/t9-;/m1./s1. The first-order valence-corrected chi connectivity index (χ1v) is 11.7. The highest BCUT2D eigenvalue weighted by atomic mass is 19.4. The fourth-order valence-corrected chi connectivity index (χ4v) is 3.74. The Morgan fingerprint density at radius 1 is 1.11 bits per heavy atom. The molecule has 3 aromatic rings. The Hall–Kier alpha value is -3.76. The molecule has 0 radical (unpaired) electrons. The van der Waals surface area contributed by atoms with Crippen LogP contribution >= 0.6 is 0 Å². The molecule has 0 unspecified atom stereocenters. The number of aliphatic carboxylic acids is 1. The molecule has 0 spiro atoms. The van der Waals surface area contributed by atoms with E-state index in [1.54, 1.807) is 6.07 Å². The highest BCUT2D eigenvalue weighted by Gasteiger charge is 2.31. The van der Waals surface area contributed by atoms with Crippen molar-refractivity contribution in [3.05, 3.63) is 48.0 Å². The van der Waals surface area contributed by atoms with Gasteiger partial charge in [-0.25, -0.2) is 4.98 Å². The molecular weight excluding hydrogens is 477 g/mol. The number of alkyl halides is 3. The van der Waals surface area contributed by atoms with E-state index in [0.717, 1.165) is 18.1 Å². The molecule has 11 heteroatoms. The summed E-state index contributed by atoms with van der Waals surface area (Å²) in [7, 11) is 0. The zero-order chi connectivity index (χ0) is 26.3. The minimum absolute atomic E-state index is 0.245. The van der Waals surface area contributed by atoms with Crippen LogP contribution in [0.1, 0.15) is 56.3 Å². The molecule has 1 amide bonds. The van der Waals surface area contributed by atoms with Gasteiger partial charge in [0.1, 0.15) is 11.8 Å². The van der Waals surface area contributed by atoms with Gasteiger partial charge < -0.3 is 25.5 Å². The normalized spacial score (nSPS) is 14.9. The molecule has 4 rings (SSSR count). The minimum Gasteiger partial charge on any atom is -0.480 e. The number of hydrogen-bond acceptors (Lipinski definition) is 5. The highest BCUT2D eigenvalue weighted by molar-refractivity contribution is 5.99. The van der Waals surface area contributed by atoms with Crippen LogP contribution in [0.5, 0.6) is 5.75 Å². The van der Waals surface area contributed by atoms with Crippen LogP contribution in [0.15, 0.2) is 42.5 Å². The lowest BCUT2D eigenvalue weighted by atomic mass is 9.91. The Bertz CT molecular complexity index is 1170. The molecule has 1 fully saturated rings. The minimum atomic E-state index is -4.76. The number of carbonyl (C=O) groups is 2. The lowest BCUT2D eigenvalue weighted by Crippen LogP contribution is -2.38. The topological polar surface area (TPSA) is 116 Å². The molecule has 1 aliphatic carbocycles. The number of hydrogen-bond donors (Lipinski definition) is 4.